The van der Waals surface area contributed by atoms with Crippen LogP contribution in [0.25, 0.3) is 0 Å². The Hall–Kier alpha value is -0.640. The number of hydrogen-bond acceptors (Lipinski definition) is 2. The monoisotopic (exact) mass is 296 g/mol. The van der Waals surface area contributed by atoms with E-state index in [1.54, 1.807) is 0 Å². The van der Waals surface area contributed by atoms with Gasteiger partial charge in [0.2, 0.25) is 0 Å². The highest BCUT2D eigenvalue weighted by Crippen LogP contribution is 2.38. The minimum atomic E-state index is -0.259. The molecule has 1 aliphatic carbocycles. The normalized spacial score (nSPS) is 27.8. The first kappa shape index (κ1) is 14.3. The molecule has 0 spiro atoms. The molecule has 110 valence electrons. The summed E-state index contributed by atoms with van der Waals surface area (Å²) < 4.78 is 13.3. The Balaban J connectivity index is 1.80. The molecule has 2 fully saturated rings. The maximum absolute atomic E-state index is 13.3. The van der Waals surface area contributed by atoms with Crippen LogP contribution in [0.3, 0.4) is 0 Å². The maximum atomic E-state index is 13.3. The van der Waals surface area contributed by atoms with Crippen LogP contribution in [0.5, 0.6) is 0 Å². The maximum Gasteiger partial charge on any atom is 0.124 e. The van der Waals surface area contributed by atoms with E-state index in [0.717, 1.165) is 24.7 Å². The molecule has 1 saturated heterocycles. The first-order valence-corrected chi connectivity index (χ1v) is 7.91. The van der Waals surface area contributed by atoms with Crippen molar-refractivity contribution in [2.24, 2.45) is 5.92 Å². The lowest BCUT2D eigenvalue weighted by atomic mass is 9.84. The van der Waals surface area contributed by atoms with Crippen molar-refractivity contribution in [2.75, 3.05) is 20.1 Å². The topological polar surface area (TPSA) is 15.3 Å². The molecule has 2 atom stereocenters. The highest BCUT2D eigenvalue weighted by Gasteiger charge is 2.33. The fourth-order valence-electron chi connectivity index (χ4n) is 3.31. The van der Waals surface area contributed by atoms with Crippen molar-refractivity contribution in [3.05, 3.63) is 34.6 Å². The van der Waals surface area contributed by atoms with Gasteiger partial charge >= 0.3 is 0 Å². The van der Waals surface area contributed by atoms with Crippen molar-refractivity contribution in [3.63, 3.8) is 0 Å². The third kappa shape index (κ3) is 3.16. The van der Waals surface area contributed by atoms with Gasteiger partial charge in [-0.25, -0.2) is 4.39 Å². The van der Waals surface area contributed by atoms with Crippen molar-refractivity contribution in [1.82, 2.24) is 10.2 Å². The highest BCUT2D eigenvalue weighted by atomic mass is 35.5. The van der Waals surface area contributed by atoms with Gasteiger partial charge in [-0.05, 0) is 62.9 Å². The summed E-state index contributed by atoms with van der Waals surface area (Å²) in [6.07, 6.45) is 5.06. The molecule has 4 heteroatoms. The van der Waals surface area contributed by atoms with Crippen molar-refractivity contribution >= 4 is 11.6 Å². The molecular formula is C16H22ClFN2. The number of rotatable bonds is 4. The molecule has 1 saturated carbocycles. The van der Waals surface area contributed by atoms with Crippen LogP contribution in [-0.4, -0.2) is 31.1 Å². The van der Waals surface area contributed by atoms with Crippen molar-refractivity contribution in [3.8, 4) is 0 Å². The van der Waals surface area contributed by atoms with E-state index in [4.69, 9.17) is 11.6 Å². The zero-order valence-corrected chi connectivity index (χ0v) is 12.7. The number of likely N-dealkylation sites (tertiary alicyclic amines) is 1. The molecule has 0 radical (unpaired) electrons. The van der Waals surface area contributed by atoms with E-state index in [2.05, 4.69) is 17.3 Å². The Labute approximate surface area is 125 Å². The summed E-state index contributed by atoms with van der Waals surface area (Å²) in [5.41, 5.74) is 1.07. The molecule has 1 N–H and O–H groups in total. The first-order chi connectivity index (χ1) is 9.65. The Morgan fingerprint density at radius 1 is 1.35 bits per heavy atom. The number of benzene rings is 1. The summed E-state index contributed by atoms with van der Waals surface area (Å²) >= 11 is 6.28. The lowest BCUT2D eigenvalue weighted by molar-refractivity contribution is 0.119. The Morgan fingerprint density at radius 2 is 2.15 bits per heavy atom. The van der Waals surface area contributed by atoms with Crippen LogP contribution < -0.4 is 5.32 Å². The molecule has 2 aliphatic rings. The molecule has 1 aromatic carbocycles. The van der Waals surface area contributed by atoms with Gasteiger partial charge in [-0.15, -0.1) is 0 Å². The van der Waals surface area contributed by atoms with Crippen molar-refractivity contribution < 1.29 is 4.39 Å². The Kier molecular flexibility index (Phi) is 4.29. The van der Waals surface area contributed by atoms with Crippen molar-refractivity contribution in [1.29, 1.82) is 0 Å². The SMILES string of the molecule is CN1CCCC(CNC2CC2)C1c1ccc(F)cc1Cl. The molecule has 2 unspecified atom stereocenters. The zero-order valence-electron chi connectivity index (χ0n) is 11.9. The van der Waals surface area contributed by atoms with Crippen LogP contribution in [0.2, 0.25) is 5.02 Å². The van der Waals surface area contributed by atoms with Gasteiger partial charge in [0.25, 0.3) is 0 Å². The molecule has 2 nitrogen and oxygen atoms in total. The fourth-order valence-corrected chi connectivity index (χ4v) is 3.59. The van der Waals surface area contributed by atoms with Crippen LogP contribution in [0.1, 0.15) is 37.3 Å². The molecule has 0 aromatic heterocycles. The summed E-state index contributed by atoms with van der Waals surface area (Å²) in [4.78, 5) is 2.36. The summed E-state index contributed by atoms with van der Waals surface area (Å²) in [7, 11) is 2.15. The van der Waals surface area contributed by atoms with Gasteiger partial charge in [0.1, 0.15) is 5.82 Å². The molecular weight excluding hydrogens is 275 g/mol. The number of piperidine rings is 1. The minimum Gasteiger partial charge on any atom is -0.314 e. The number of halogens is 2. The van der Waals surface area contributed by atoms with E-state index in [1.165, 1.54) is 37.8 Å². The Morgan fingerprint density at radius 3 is 2.85 bits per heavy atom. The van der Waals surface area contributed by atoms with Crippen LogP contribution in [-0.2, 0) is 0 Å². The van der Waals surface area contributed by atoms with Gasteiger partial charge in [0.05, 0.1) is 0 Å². The predicted octanol–water partition coefficient (Wildman–Crippen LogP) is 3.61. The van der Waals surface area contributed by atoms with Crippen LogP contribution >= 0.6 is 11.6 Å². The largest absolute Gasteiger partial charge is 0.314 e. The van der Waals surface area contributed by atoms with Crippen molar-refractivity contribution in [2.45, 2.75) is 37.8 Å². The van der Waals surface area contributed by atoms with E-state index in [0.29, 0.717) is 17.0 Å². The predicted molar refractivity (Wildman–Crippen MR) is 80.5 cm³/mol. The first-order valence-electron chi connectivity index (χ1n) is 7.53. The zero-order chi connectivity index (χ0) is 14.1. The summed E-state index contributed by atoms with van der Waals surface area (Å²) in [5, 5.41) is 4.19. The third-order valence-electron chi connectivity index (χ3n) is 4.53. The molecule has 3 rings (SSSR count). The van der Waals surface area contributed by atoms with Gasteiger partial charge in [-0.3, -0.25) is 4.90 Å². The summed E-state index contributed by atoms with van der Waals surface area (Å²) in [6.45, 7) is 2.12. The molecule has 20 heavy (non-hydrogen) atoms. The lowest BCUT2D eigenvalue weighted by Crippen LogP contribution is -2.41. The Bertz CT molecular complexity index is 476. The van der Waals surface area contributed by atoms with Gasteiger partial charge in [0, 0.05) is 23.7 Å². The van der Waals surface area contributed by atoms with E-state index in [9.17, 15) is 4.39 Å². The fraction of sp³-hybridized carbons (Fsp3) is 0.625. The van der Waals surface area contributed by atoms with Crippen LogP contribution in [0.4, 0.5) is 4.39 Å². The van der Waals surface area contributed by atoms with Gasteiger partial charge in [-0.1, -0.05) is 17.7 Å². The van der Waals surface area contributed by atoms with Gasteiger partial charge in [-0.2, -0.15) is 0 Å². The second-order valence-corrected chi connectivity index (χ2v) is 6.58. The van der Waals surface area contributed by atoms with E-state index in [-0.39, 0.29) is 5.82 Å². The number of nitrogens with zero attached hydrogens (tertiary/aromatic N) is 1. The van der Waals surface area contributed by atoms with Gasteiger partial charge < -0.3 is 5.32 Å². The summed E-state index contributed by atoms with van der Waals surface area (Å²) in [5.74, 6) is 0.294. The van der Waals surface area contributed by atoms with Crippen LogP contribution in [0.15, 0.2) is 18.2 Å². The molecule has 0 amide bonds. The molecule has 1 aromatic rings. The molecule has 1 heterocycles. The number of nitrogens with one attached hydrogen (secondary N) is 1. The number of hydrogen-bond donors (Lipinski definition) is 1. The second kappa shape index (κ2) is 6.00. The average Bonchev–Trinajstić information content (AvgIpc) is 3.22. The van der Waals surface area contributed by atoms with E-state index in [1.807, 2.05) is 6.07 Å². The minimum absolute atomic E-state index is 0.259. The highest BCUT2D eigenvalue weighted by molar-refractivity contribution is 6.31. The summed E-state index contributed by atoms with van der Waals surface area (Å²) in [6, 6.07) is 5.84. The van der Waals surface area contributed by atoms with E-state index < -0.39 is 0 Å². The standard InChI is InChI=1S/C16H22ClFN2/c1-20-8-2-3-11(10-19-13-5-6-13)16(20)14-7-4-12(18)9-15(14)17/h4,7,9,11,13,16,19H,2-3,5-6,8,10H2,1H3. The lowest BCUT2D eigenvalue weighted by Gasteiger charge is -2.40. The molecule has 1 aliphatic heterocycles. The molecule has 0 bridgehead atoms. The van der Waals surface area contributed by atoms with Gasteiger partial charge in [0.15, 0.2) is 0 Å². The third-order valence-corrected chi connectivity index (χ3v) is 4.86. The second-order valence-electron chi connectivity index (χ2n) is 6.18. The van der Waals surface area contributed by atoms with Crippen LogP contribution in [0, 0.1) is 11.7 Å². The van der Waals surface area contributed by atoms with E-state index >= 15 is 0 Å². The quantitative estimate of drug-likeness (QED) is 0.913. The smallest absolute Gasteiger partial charge is 0.124 e. The average molecular weight is 297 g/mol.